The number of benzene rings is 2. The van der Waals surface area contributed by atoms with Crippen molar-refractivity contribution in [3.05, 3.63) is 59.6 Å². The maximum atomic E-state index is 12.6. The molecule has 0 unspecified atom stereocenters. The van der Waals surface area contributed by atoms with Crippen molar-refractivity contribution in [1.82, 2.24) is 9.78 Å². The van der Waals surface area contributed by atoms with Crippen LogP contribution in [0.1, 0.15) is 10.4 Å². The lowest BCUT2D eigenvalue weighted by atomic mass is 10.1. The van der Waals surface area contributed by atoms with E-state index in [1.807, 2.05) is 12.1 Å². The van der Waals surface area contributed by atoms with Crippen molar-refractivity contribution in [3.63, 3.8) is 0 Å². The van der Waals surface area contributed by atoms with Gasteiger partial charge in [0, 0.05) is 5.39 Å². The van der Waals surface area contributed by atoms with Crippen LogP contribution in [0.25, 0.3) is 22.4 Å². The number of hydrogen-bond acceptors (Lipinski definition) is 6. The van der Waals surface area contributed by atoms with Crippen LogP contribution in [-0.4, -0.2) is 27.9 Å². The Morgan fingerprint density at radius 2 is 2.04 bits per heavy atom. The Bertz CT molecular complexity index is 1140. The van der Waals surface area contributed by atoms with Gasteiger partial charge >= 0.3 is 0 Å². The smallest absolute Gasteiger partial charge is 0.284 e. The van der Waals surface area contributed by atoms with Crippen molar-refractivity contribution in [2.75, 3.05) is 7.11 Å². The van der Waals surface area contributed by atoms with E-state index in [-0.39, 0.29) is 22.7 Å². The normalized spacial score (nSPS) is 11.1. The van der Waals surface area contributed by atoms with E-state index in [2.05, 4.69) is 5.10 Å². The molecule has 0 aliphatic carbocycles. The predicted molar refractivity (Wildman–Crippen MR) is 88.9 cm³/mol. The summed E-state index contributed by atoms with van der Waals surface area (Å²) in [4.78, 5) is 12.6. The molecular formula is C18H13N3O4. The van der Waals surface area contributed by atoms with Crippen LogP contribution in [0.4, 0.5) is 0 Å². The topological polar surface area (TPSA) is 101 Å². The van der Waals surface area contributed by atoms with Crippen LogP contribution in [0.2, 0.25) is 0 Å². The summed E-state index contributed by atoms with van der Waals surface area (Å²) in [6.45, 7) is 0. The lowest BCUT2D eigenvalue weighted by Crippen LogP contribution is -2.25. The van der Waals surface area contributed by atoms with E-state index in [9.17, 15) is 9.90 Å². The van der Waals surface area contributed by atoms with Gasteiger partial charge in [-0.3, -0.25) is 10.2 Å². The van der Waals surface area contributed by atoms with Crippen molar-refractivity contribution in [3.8, 4) is 23.0 Å². The molecule has 0 radical (unpaired) electrons. The molecule has 0 spiro atoms. The number of rotatable bonds is 2. The number of carbonyl (C=O) groups is 1. The van der Waals surface area contributed by atoms with E-state index in [1.165, 1.54) is 19.2 Å². The number of nitrogens with one attached hydrogen (secondary N) is 1. The lowest BCUT2D eigenvalue weighted by molar-refractivity contribution is 0.0937. The third-order valence-corrected chi connectivity index (χ3v) is 3.94. The van der Waals surface area contributed by atoms with Gasteiger partial charge in [0.15, 0.2) is 16.8 Å². The number of nitrogens with zero attached hydrogens (tertiary/aromatic N) is 2. The molecule has 2 aliphatic rings. The maximum absolute atomic E-state index is 12.6. The highest BCUT2D eigenvalue weighted by Gasteiger charge is 2.23. The van der Waals surface area contributed by atoms with E-state index in [0.29, 0.717) is 16.9 Å². The molecule has 2 N–H and O–H groups in total. The van der Waals surface area contributed by atoms with Crippen LogP contribution < -0.4 is 10.2 Å². The summed E-state index contributed by atoms with van der Waals surface area (Å²) < 4.78 is 11.9. The number of ether oxygens (including phenoxy) is 1. The molecule has 2 aliphatic heterocycles. The first-order valence-electron chi connectivity index (χ1n) is 7.47. The minimum absolute atomic E-state index is 0.0611. The number of methoxy groups -OCH3 is 1. The first-order chi connectivity index (χ1) is 12.1. The molecule has 4 rings (SSSR count). The van der Waals surface area contributed by atoms with Crippen molar-refractivity contribution in [1.29, 1.82) is 5.41 Å². The minimum Gasteiger partial charge on any atom is -0.507 e. The van der Waals surface area contributed by atoms with Gasteiger partial charge in [-0.15, -0.1) is 5.10 Å². The summed E-state index contributed by atoms with van der Waals surface area (Å²) in [6, 6.07) is 13.2. The van der Waals surface area contributed by atoms with E-state index >= 15 is 0 Å². The van der Waals surface area contributed by atoms with Gasteiger partial charge in [0.05, 0.1) is 18.2 Å². The number of phenols is 1. The fraction of sp³-hybridized carbons (Fsp3) is 0.0556. The van der Waals surface area contributed by atoms with Gasteiger partial charge in [0.2, 0.25) is 5.89 Å². The Morgan fingerprint density at radius 1 is 1.24 bits per heavy atom. The molecule has 2 aromatic rings. The second kappa shape index (κ2) is 5.48. The molecule has 0 atom stereocenters. The first kappa shape index (κ1) is 14.9. The van der Waals surface area contributed by atoms with E-state index < -0.39 is 5.91 Å². The number of phenolic OH excluding ortho intramolecular Hbond substituents is 1. The summed E-state index contributed by atoms with van der Waals surface area (Å²) in [5.41, 5.74) is 0.823. The lowest BCUT2D eigenvalue weighted by Gasteiger charge is -2.05. The molecule has 7 heteroatoms. The van der Waals surface area contributed by atoms with Crippen LogP contribution in [0.3, 0.4) is 0 Å². The average Bonchev–Trinajstić information content (AvgIpc) is 2.95. The van der Waals surface area contributed by atoms with Crippen LogP contribution in [0.5, 0.6) is 11.5 Å². The predicted octanol–water partition coefficient (Wildman–Crippen LogP) is 2.62. The Labute approximate surface area is 141 Å². The van der Waals surface area contributed by atoms with Crippen molar-refractivity contribution < 1.29 is 19.1 Å². The summed E-state index contributed by atoms with van der Waals surface area (Å²) in [5, 5.41) is 23.0. The van der Waals surface area contributed by atoms with Crippen LogP contribution in [0.15, 0.2) is 52.9 Å². The van der Waals surface area contributed by atoms with E-state index in [1.54, 1.807) is 24.3 Å². The monoisotopic (exact) mass is 335 g/mol. The van der Waals surface area contributed by atoms with Gasteiger partial charge in [-0.05, 0) is 24.3 Å². The number of aromatic nitrogens is 2. The number of aromatic hydroxyl groups is 1. The van der Waals surface area contributed by atoms with Gasteiger partial charge in [-0.2, -0.15) is 4.68 Å². The highest BCUT2D eigenvalue weighted by Crippen LogP contribution is 2.31. The SMILES string of the molecule is COc1cccc2cc3c(=N)n(C(=O)c4ccccc4O)nc-3oc12. The first-order valence-corrected chi connectivity index (χ1v) is 7.47. The molecule has 0 saturated carbocycles. The summed E-state index contributed by atoms with van der Waals surface area (Å²) in [7, 11) is 1.53. The zero-order chi connectivity index (χ0) is 17.6. The fourth-order valence-corrected chi connectivity index (χ4v) is 2.70. The minimum atomic E-state index is -0.606. The highest BCUT2D eigenvalue weighted by atomic mass is 16.5. The van der Waals surface area contributed by atoms with Crippen LogP contribution in [-0.2, 0) is 0 Å². The number of para-hydroxylation sites is 2. The standard InChI is InChI=1S/C18H13N3O4/c1-24-14-8-4-5-10-9-12-16(19)21(20-17(12)25-15(10)14)18(23)11-6-2-3-7-13(11)22/h2-9,19,22H,1H3. The molecule has 2 heterocycles. The zero-order valence-electron chi connectivity index (χ0n) is 13.2. The van der Waals surface area contributed by atoms with E-state index in [4.69, 9.17) is 14.6 Å². The van der Waals surface area contributed by atoms with Crippen molar-refractivity contribution in [2.24, 2.45) is 0 Å². The third-order valence-electron chi connectivity index (χ3n) is 3.94. The van der Waals surface area contributed by atoms with Crippen LogP contribution >= 0.6 is 0 Å². The van der Waals surface area contributed by atoms with Gasteiger partial charge in [-0.25, -0.2) is 0 Å². The number of fused-ring (bicyclic) bond motifs is 2. The van der Waals surface area contributed by atoms with Gasteiger partial charge < -0.3 is 14.3 Å². The second-order valence-corrected chi connectivity index (χ2v) is 5.43. The molecule has 124 valence electrons. The molecule has 0 saturated heterocycles. The second-order valence-electron chi connectivity index (χ2n) is 5.43. The maximum Gasteiger partial charge on any atom is 0.284 e. The third kappa shape index (κ3) is 2.25. The highest BCUT2D eigenvalue weighted by molar-refractivity contribution is 5.98. The Morgan fingerprint density at radius 3 is 2.80 bits per heavy atom. The Kier molecular flexibility index (Phi) is 3.28. The molecule has 2 aromatic carbocycles. The molecule has 25 heavy (non-hydrogen) atoms. The summed E-state index contributed by atoms with van der Waals surface area (Å²) in [6.07, 6.45) is 0. The summed E-state index contributed by atoms with van der Waals surface area (Å²) in [5.74, 6) is -0.0981. The summed E-state index contributed by atoms with van der Waals surface area (Å²) >= 11 is 0. The van der Waals surface area contributed by atoms with Crippen molar-refractivity contribution >= 4 is 16.9 Å². The van der Waals surface area contributed by atoms with Crippen LogP contribution in [0, 0.1) is 5.41 Å². The van der Waals surface area contributed by atoms with Crippen molar-refractivity contribution in [2.45, 2.75) is 0 Å². The van der Waals surface area contributed by atoms with E-state index in [0.717, 1.165) is 10.1 Å². The molecule has 0 aromatic heterocycles. The molecule has 0 amide bonds. The molecule has 0 bridgehead atoms. The quantitative estimate of drug-likeness (QED) is 0.586. The Hall–Kier alpha value is -3.61. The molecule has 0 fully saturated rings. The average molecular weight is 335 g/mol. The molecule has 7 nitrogen and oxygen atoms in total. The van der Waals surface area contributed by atoms with Gasteiger partial charge in [0.25, 0.3) is 5.91 Å². The zero-order valence-corrected chi connectivity index (χ0v) is 13.2. The number of hydrogen-bond donors (Lipinski definition) is 2. The fourth-order valence-electron chi connectivity index (χ4n) is 2.70. The Balaban J connectivity index is 1.95. The molecular weight excluding hydrogens is 322 g/mol. The number of carbonyl (C=O) groups excluding carboxylic acids is 1. The van der Waals surface area contributed by atoms with Gasteiger partial charge in [-0.1, -0.05) is 24.3 Å². The largest absolute Gasteiger partial charge is 0.507 e. The van der Waals surface area contributed by atoms with Gasteiger partial charge in [0.1, 0.15) is 5.75 Å².